The molecule has 64 valence electrons. The van der Waals surface area contributed by atoms with Crippen LogP contribution in [0.4, 0.5) is 0 Å². The predicted octanol–water partition coefficient (Wildman–Crippen LogP) is 0.833. The van der Waals surface area contributed by atoms with Gasteiger partial charge in [-0.25, -0.2) is 0 Å². The SMILES string of the molecule is CC[C@@]12CC[C@@H](CN(C)C1)N2. The summed E-state index contributed by atoms with van der Waals surface area (Å²) < 4.78 is 0. The van der Waals surface area contributed by atoms with Crippen molar-refractivity contribution in [3.05, 3.63) is 0 Å². The van der Waals surface area contributed by atoms with Gasteiger partial charge in [0, 0.05) is 24.7 Å². The summed E-state index contributed by atoms with van der Waals surface area (Å²) in [5.74, 6) is 0. The van der Waals surface area contributed by atoms with Crippen LogP contribution in [0.1, 0.15) is 26.2 Å². The first-order valence-corrected chi connectivity index (χ1v) is 4.70. The zero-order valence-electron chi connectivity index (χ0n) is 7.56. The Balaban J connectivity index is 2.12. The Hall–Kier alpha value is -0.0800. The second-order valence-corrected chi connectivity index (χ2v) is 4.21. The highest BCUT2D eigenvalue weighted by Gasteiger charge is 2.41. The highest BCUT2D eigenvalue weighted by atomic mass is 15.2. The zero-order valence-corrected chi connectivity index (χ0v) is 7.56. The molecule has 2 rings (SSSR count). The predicted molar refractivity (Wildman–Crippen MR) is 46.7 cm³/mol. The molecule has 2 aliphatic heterocycles. The van der Waals surface area contributed by atoms with Gasteiger partial charge in [-0.1, -0.05) is 6.92 Å². The van der Waals surface area contributed by atoms with E-state index in [0.717, 1.165) is 6.04 Å². The Morgan fingerprint density at radius 1 is 1.64 bits per heavy atom. The molecule has 2 atom stereocenters. The molecule has 0 aromatic heterocycles. The zero-order chi connectivity index (χ0) is 7.90. The lowest BCUT2D eigenvalue weighted by Gasteiger charge is -2.39. The van der Waals surface area contributed by atoms with Crippen LogP contribution in [-0.2, 0) is 0 Å². The summed E-state index contributed by atoms with van der Waals surface area (Å²) in [6.07, 6.45) is 4.06. The van der Waals surface area contributed by atoms with Crippen molar-refractivity contribution < 1.29 is 0 Å². The molecule has 2 nitrogen and oxygen atoms in total. The normalized spacial score (nSPS) is 44.7. The van der Waals surface area contributed by atoms with Crippen LogP contribution in [-0.4, -0.2) is 36.6 Å². The Bertz CT molecular complexity index is 158. The van der Waals surface area contributed by atoms with E-state index in [1.807, 2.05) is 0 Å². The molecule has 0 spiro atoms. The van der Waals surface area contributed by atoms with Gasteiger partial charge in [0.05, 0.1) is 0 Å². The van der Waals surface area contributed by atoms with Gasteiger partial charge < -0.3 is 10.2 Å². The van der Waals surface area contributed by atoms with E-state index in [0.29, 0.717) is 5.54 Å². The van der Waals surface area contributed by atoms with Crippen molar-refractivity contribution in [3.8, 4) is 0 Å². The molecular formula is C9H18N2. The van der Waals surface area contributed by atoms with E-state index in [4.69, 9.17) is 0 Å². The van der Waals surface area contributed by atoms with E-state index in [2.05, 4.69) is 24.2 Å². The van der Waals surface area contributed by atoms with Crippen LogP contribution in [0.25, 0.3) is 0 Å². The van der Waals surface area contributed by atoms with E-state index >= 15 is 0 Å². The lowest BCUT2D eigenvalue weighted by Crippen LogP contribution is -2.57. The van der Waals surface area contributed by atoms with Crippen LogP contribution in [0.5, 0.6) is 0 Å². The van der Waals surface area contributed by atoms with Gasteiger partial charge in [0.25, 0.3) is 0 Å². The van der Waals surface area contributed by atoms with E-state index < -0.39 is 0 Å². The molecule has 2 fully saturated rings. The van der Waals surface area contributed by atoms with Crippen molar-refractivity contribution in [1.82, 2.24) is 10.2 Å². The van der Waals surface area contributed by atoms with Crippen LogP contribution < -0.4 is 5.32 Å². The number of hydrogen-bond acceptors (Lipinski definition) is 2. The molecule has 2 aliphatic rings. The molecule has 0 radical (unpaired) electrons. The van der Waals surface area contributed by atoms with Gasteiger partial charge in [-0.15, -0.1) is 0 Å². The molecule has 2 bridgehead atoms. The Morgan fingerprint density at radius 3 is 3.18 bits per heavy atom. The summed E-state index contributed by atoms with van der Waals surface area (Å²) in [4.78, 5) is 2.47. The Labute approximate surface area is 69.0 Å². The molecule has 2 heterocycles. The third-order valence-corrected chi connectivity index (χ3v) is 3.26. The first-order valence-electron chi connectivity index (χ1n) is 4.70. The number of rotatable bonds is 1. The van der Waals surface area contributed by atoms with Gasteiger partial charge in [0.15, 0.2) is 0 Å². The third kappa shape index (κ3) is 1.18. The van der Waals surface area contributed by atoms with Gasteiger partial charge in [0.2, 0.25) is 0 Å². The monoisotopic (exact) mass is 154 g/mol. The third-order valence-electron chi connectivity index (χ3n) is 3.26. The summed E-state index contributed by atoms with van der Waals surface area (Å²) in [5, 5.41) is 3.74. The second kappa shape index (κ2) is 2.46. The largest absolute Gasteiger partial charge is 0.306 e. The minimum atomic E-state index is 0.484. The maximum atomic E-state index is 3.74. The maximum Gasteiger partial charge on any atom is 0.0309 e. The number of likely N-dealkylation sites (N-methyl/N-ethyl adjacent to an activating group) is 1. The van der Waals surface area contributed by atoms with Crippen molar-refractivity contribution in [2.75, 3.05) is 20.1 Å². The number of nitrogens with one attached hydrogen (secondary N) is 1. The van der Waals surface area contributed by atoms with E-state index in [1.54, 1.807) is 0 Å². The van der Waals surface area contributed by atoms with Gasteiger partial charge in [-0.2, -0.15) is 0 Å². The first kappa shape index (κ1) is 7.56. The van der Waals surface area contributed by atoms with Crippen molar-refractivity contribution in [2.45, 2.75) is 37.8 Å². The lowest BCUT2D eigenvalue weighted by molar-refractivity contribution is 0.162. The molecule has 0 unspecified atom stereocenters. The molecule has 0 aromatic carbocycles. The number of nitrogens with zero attached hydrogens (tertiary/aromatic N) is 1. The molecule has 0 aromatic rings. The van der Waals surface area contributed by atoms with Crippen LogP contribution in [0.15, 0.2) is 0 Å². The molecule has 11 heavy (non-hydrogen) atoms. The molecule has 0 aliphatic carbocycles. The summed E-state index contributed by atoms with van der Waals surface area (Å²) in [5.41, 5.74) is 0.484. The highest BCUT2D eigenvalue weighted by molar-refractivity contribution is 5.03. The Kier molecular flexibility index (Phi) is 1.69. The highest BCUT2D eigenvalue weighted by Crippen LogP contribution is 2.31. The topological polar surface area (TPSA) is 15.3 Å². The molecule has 0 amide bonds. The van der Waals surface area contributed by atoms with Gasteiger partial charge >= 0.3 is 0 Å². The van der Waals surface area contributed by atoms with Crippen molar-refractivity contribution >= 4 is 0 Å². The van der Waals surface area contributed by atoms with Crippen LogP contribution in [0.2, 0.25) is 0 Å². The van der Waals surface area contributed by atoms with E-state index in [-0.39, 0.29) is 0 Å². The number of piperazine rings is 1. The summed E-state index contributed by atoms with van der Waals surface area (Å²) >= 11 is 0. The quantitative estimate of drug-likeness (QED) is 0.602. The van der Waals surface area contributed by atoms with Crippen molar-refractivity contribution in [2.24, 2.45) is 0 Å². The van der Waals surface area contributed by atoms with Crippen LogP contribution in [0.3, 0.4) is 0 Å². The van der Waals surface area contributed by atoms with Gasteiger partial charge in [0.1, 0.15) is 0 Å². The molecular weight excluding hydrogens is 136 g/mol. The average molecular weight is 154 g/mol. The maximum absolute atomic E-state index is 3.74. The number of likely N-dealkylation sites (tertiary alicyclic amines) is 1. The first-order chi connectivity index (χ1) is 5.24. The summed E-state index contributed by atoms with van der Waals surface area (Å²) in [6, 6.07) is 0.786. The fourth-order valence-electron chi connectivity index (χ4n) is 2.64. The minimum Gasteiger partial charge on any atom is -0.306 e. The van der Waals surface area contributed by atoms with E-state index in [1.165, 1.54) is 32.4 Å². The number of hydrogen-bond donors (Lipinski definition) is 1. The average Bonchev–Trinajstić information content (AvgIpc) is 2.28. The fourth-order valence-corrected chi connectivity index (χ4v) is 2.64. The van der Waals surface area contributed by atoms with Crippen molar-refractivity contribution in [1.29, 1.82) is 0 Å². The smallest absolute Gasteiger partial charge is 0.0309 e. The van der Waals surface area contributed by atoms with Crippen molar-refractivity contribution in [3.63, 3.8) is 0 Å². The second-order valence-electron chi connectivity index (χ2n) is 4.21. The fraction of sp³-hybridized carbons (Fsp3) is 1.00. The van der Waals surface area contributed by atoms with Crippen LogP contribution in [0, 0.1) is 0 Å². The molecule has 2 heteroatoms. The van der Waals surface area contributed by atoms with E-state index in [9.17, 15) is 0 Å². The minimum absolute atomic E-state index is 0.484. The summed E-state index contributed by atoms with van der Waals surface area (Å²) in [7, 11) is 2.24. The molecule has 2 saturated heterocycles. The molecule has 0 saturated carbocycles. The van der Waals surface area contributed by atoms with Gasteiger partial charge in [-0.3, -0.25) is 0 Å². The summed E-state index contributed by atoms with van der Waals surface area (Å²) in [6.45, 7) is 4.80. The van der Waals surface area contributed by atoms with Gasteiger partial charge in [-0.05, 0) is 26.3 Å². The molecule has 1 N–H and O–H groups in total. The standard InChI is InChI=1S/C9H18N2/c1-3-9-5-4-8(10-9)6-11(2)7-9/h8,10H,3-7H2,1-2H3/t8-,9+/m0/s1. The van der Waals surface area contributed by atoms with Crippen LogP contribution >= 0.6 is 0 Å². The number of fused-ring (bicyclic) bond motifs is 2. The lowest BCUT2D eigenvalue weighted by atomic mass is 9.94. The Morgan fingerprint density at radius 2 is 2.45 bits per heavy atom.